The van der Waals surface area contributed by atoms with Gasteiger partial charge in [-0.2, -0.15) is 0 Å². The number of anilines is 2. The van der Waals surface area contributed by atoms with Gasteiger partial charge in [-0.1, -0.05) is 6.92 Å². The van der Waals surface area contributed by atoms with Crippen molar-refractivity contribution >= 4 is 11.4 Å². The van der Waals surface area contributed by atoms with E-state index in [9.17, 15) is 0 Å². The molecule has 0 aliphatic carbocycles. The first-order chi connectivity index (χ1) is 8.26. The largest absolute Gasteiger partial charge is 0.385 e. The number of hydrogen-bond acceptors (Lipinski definition) is 4. The number of hydrogen-bond donors (Lipinski definition) is 2. The Morgan fingerprint density at radius 1 is 1.35 bits per heavy atom. The molecular weight excluding hydrogens is 214 g/mol. The van der Waals surface area contributed by atoms with Gasteiger partial charge in [0.25, 0.3) is 0 Å². The highest BCUT2D eigenvalue weighted by molar-refractivity contribution is 5.54. The van der Waals surface area contributed by atoms with Crippen molar-refractivity contribution in [3.8, 4) is 0 Å². The van der Waals surface area contributed by atoms with Crippen molar-refractivity contribution in [3.05, 3.63) is 18.5 Å². The fourth-order valence-corrected chi connectivity index (χ4v) is 1.54. The lowest BCUT2D eigenvalue weighted by molar-refractivity contribution is 0.191. The van der Waals surface area contributed by atoms with Crippen LogP contribution >= 0.6 is 0 Å². The summed E-state index contributed by atoms with van der Waals surface area (Å²) in [6, 6.07) is 2.48. The van der Waals surface area contributed by atoms with Crippen molar-refractivity contribution in [2.45, 2.75) is 32.7 Å². The zero-order chi connectivity index (χ0) is 12.5. The molecule has 4 nitrogen and oxygen atoms in total. The topological polar surface area (TPSA) is 46.2 Å². The van der Waals surface area contributed by atoms with E-state index in [-0.39, 0.29) is 0 Å². The first kappa shape index (κ1) is 13.8. The van der Waals surface area contributed by atoms with Gasteiger partial charge >= 0.3 is 0 Å². The van der Waals surface area contributed by atoms with Crippen molar-refractivity contribution in [1.29, 1.82) is 0 Å². The van der Waals surface area contributed by atoms with Crippen LogP contribution in [0.2, 0.25) is 0 Å². The molecule has 0 saturated heterocycles. The molecule has 1 heterocycles. The third-order valence-corrected chi connectivity index (χ3v) is 2.49. The Kier molecular flexibility index (Phi) is 6.40. The van der Waals surface area contributed by atoms with Gasteiger partial charge in [0.1, 0.15) is 0 Å². The van der Waals surface area contributed by atoms with Gasteiger partial charge in [-0.3, -0.25) is 4.98 Å². The SMILES string of the molecule is CCCNc1cncc(NC(C)CCOC)c1. The first-order valence-electron chi connectivity index (χ1n) is 6.20. The Hall–Kier alpha value is -1.29. The lowest BCUT2D eigenvalue weighted by Crippen LogP contribution is -2.17. The fraction of sp³-hybridized carbons (Fsp3) is 0.615. The van der Waals surface area contributed by atoms with Gasteiger partial charge in [0, 0.05) is 26.3 Å². The highest BCUT2D eigenvalue weighted by atomic mass is 16.5. The molecule has 17 heavy (non-hydrogen) atoms. The maximum Gasteiger partial charge on any atom is 0.0549 e. The van der Waals surface area contributed by atoms with E-state index in [1.54, 1.807) is 7.11 Å². The molecule has 1 unspecified atom stereocenters. The van der Waals surface area contributed by atoms with Crippen LogP contribution in [-0.4, -0.2) is 31.3 Å². The summed E-state index contributed by atoms with van der Waals surface area (Å²) in [6.07, 6.45) is 5.80. The van der Waals surface area contributed by atoms with Crippen LogP contribution in [0.5, 0.6) is 0 Å². The average molecular weight is 237 g/mol. The summed E-state index contributed by atoms with van der Waals surface area (Å²) in [4.78, 5) is 4.21. The zero-order valence-electron chi connectivity index (χ0n) is 11.0. The molecule has 0 saturated carbocycles. The number of ether oxygens (including phenoxy) is 1. The predicted octanol–water partition coefficient (Wildman–Crippen LogP) is 2.74. The monoisotopic (exact) mass is 237 g/mol. The van der Waals surface area contributed by atoms with Gasteiger partial charge in [0.15, 0.2) is 0 Å². The molecule has 0 aliphatic heterocycles. The molecule has 0 radical (unpaired) electrons. The number of aromatic nitrogens is 1. The summed E-state index contributed by atoms with van der Waals surface area (Å²) in [5, 5.41) is 6.73. The van der Waals surface area contributed by atoms with Crippen LogP contribution in [0.25, 0.3) is 0 Å². The molecule has 0 aromatic carbocycles. The van der Waals surface area contributed by atoms with Crippen molar-refractivity contribution in [2.24, 2.45) is 0 Å². The molecule has 1 aromatic heterocycles. The van der Waals surface area contributed by atoms with Crippen molar-refractivity contribution < 1.29 is 4.74 Å². The second-order valence-electron chi connectivity index (χ2n) is 4.22. The standard InChI is InChI=1S/C13H23N3O/c1-4-6-15-12-8-13(10-14-9-12)16-11(2)5-7-17-3/h8-11,15-16H,4-7H2,1-3H3. The molecule has 2 N–H and O–H groups in total. The third kappa shape index (κ3) is 5.54. The van der Waals surface area contributed by atoms with Crippen molar-refractivity contribution in [1.82, 2.24) is 4.98 Å². The molecular formula is C13H23N3O. The molecule has 1 atom stereocenters. The van der Waals surface area contributed by atoms with E-state index in [0.717, 1.165) is 37.4 Å². The number of nitrogens with zero attached hydrogens (tertiary/aromatic N) is 1. The molecule has 0 aliphatic rings. The minimum absolute atomic E-state index is 0.387. The minimum atomic E-state index is 0.387. The van der Waals surface area contributed by atoms with E-state index in [2.05, 4.69) is 35.5 Å². The summed E-state index contributed by atoms with van der Waals surface area (Å²) < 4.78 is 5.06. The predicted molar refractivity (Wildman–Crippen MR) is 72.6 cm³/mol. The Bertz CT molecular complexity index is 317. The summed E-state index contributed by atoms with van der Waals surface area (Å²) in [5.41, 5.74) is 2.12. The Balaban J connectivity index is 2.47. The van der Waals surface area contributed by atoms with E-state index >= 15 is 0 Å². The second kappa shape index (κ2) is 7.90. The fourth-order valence-electron chi connectivity index (χ4n) is 1.54. The van der Waals surface area contributed by atoms with E-state index in [4.69, 9.17) is 4.74 Å². The quantitative estimate of drug-likeness (QED) is 0.730. The average Bonchev–Trinajstić information content (AvgIpc) is 2.34. The Morgan fingerprint density at radius 3 is 2.82 bits per heavy atom. The maximum atomic E-state index is 5.06. The van der Waals surface area contributed by atoms with E-state index in [0.29, 0.717) is 6.04 Å². The van der Waals surface area contributed by atoms with E-state index < -0.39 is 0 Å². The van der Waals surface area contributed by atoms with Gasteiger partial charge in [0.05, 0.1) is 23.8 Å². The van der Waals surface area contributed by atoms with Gasteiger partial charge in [0.2, 0.25) is 0 Å². The highest BCUT2D eigenvalue weighted by Crippen LogP contribution is 2.14. The van der Waals surface area contributed by atoms with E-state index in [1.165, 1.54) is 0 Å². The Morgan fingerprint density at radius 2 is 2.12 bits per heavy atom. The normalized spacial score (nSPS) is 12.2. The number of methoxy groups -OCH3 is 1. The van der Waals surface area contributed by atoms with Gasteiger partial charge in [-0.15, -0.1) is 0 Å². The van der Waals surface area contributed by atoms with Gasteiger partial charge in [-0.25, -0.2) is 0 Å². The van der Waals surface area contributed by atoms with Gasteiger partial charge in [-0.05, 0) is 25.8 Å². The molecule has 4 heteroatoms. The maximum absolute atomic E-state index is 5.06. The molecule has 0 fully saturated rings. The van der Waals surface area contributed by atoms with Crippen LogP contribution in [0, 0.1) is 0 Å². The number of pyridine rings is 1. The smallest absolute Gasteiger partial charge is 0.0549 e. The van der Waals surface area contributed by atoms with E-state index in [1.807, 2.05) is 12.4 Å². The third-order valence-electron chi connectivity index (χ3n) is 2.49. The van der Waals surface area contributed by atoms with Crippen LogP contribution in [-0.2, 0) is 4.74 Å². The molecule has 0 bridgehead atoms. The summed E-state index contributed by atoms with van der Waals surface area (Å²) in [7, 11) is 1.73. The van der Waals surface area contributed by atoms with Crippen LogP contribution in [0.3, 0.4) is 0 Å². The summed E-state index contributed by atoms with van der Waals surface area (Å²) in [6.45, 7) is 6.04. The number of rotatable bonds is 8. The van der Waals surface area contributed by atoms with Crippen molar-refractivity contribution in [3.63, 3.8) is 0 Å². The molecule has 1 aromatic rings. The number of nitrogens with one attached hydrogen (secondary N) is 2. The lowest BCUT2D eigenvalue weighted by Gasteiger charge is -2.15. The molecule has 0 amide bonds. The van der Waals surface area contributed by atoms with Crippen LogP contribution in [0.4, 0.5) is 11.4 Å². The van der Waals surface area contributed by atoms with Gasteiger partial charge < -0.3 is 15.4 Å². The second-order valence-corrected chi connectivity index (χ2v) is 4.22. The lowest BCUT2D eigenvalue weighted by atomic mass is 10.2. The zero-order valence-corrected chi connectivity index (χ0v) is 11.0. The first-order valence-corrected chi connectivity index (χ1v) is 6.20. The van der Waals surface area contributed by atoms with Crippen LogP contribution in [0.15, 0.2) is 18.5 Å². The molecule has 1 rings (SSSR count). The van der Waals surface area contributed by atoms with Crippen LogP contribution < -0.4 is 10.6 Å². The summed E-state index contributed by atoms with van der Waals surface area (Å²) in [5.74, 6) is 0. The summed E-state index contributed by atoms with van der Waals surface area (Å²) >= 11 is 0. The minimum Gasteiger partial charge on any atom is -0.385 e. The Labute approximate surface area is 104 Å². The molecule has 0 spiro atoms. The highest BCUT2D eigenvalue weighted by Gasteiger charge is 2.02. The van der Waals surface area contributed by atoms with Crippen molar-refractivity contribution in [2.75, 3.05) is 30.9 Å². The molecule has 96 valence electrons. The van der Waals surface area contributed by atoms with Crippen LogP contribution in [0.1, 0.15) is 26.7 Å².